The fourth-order valence-electron chi connectivity index (χ4n) is 1.97. The van der Waals surface area contributed by atoms with E-state index in [9.17, 15) is 9.59 Å². The van der Waals surface area contributed by atoms with Crippen LogP contribution in [-0.2, 0) is 20.8 Å². The molecule has 23 heavy (non-hydrogen) atoms. The Labute approximate surface area is 141 Å². The molecule has 1 aromatic heterocycles. The smallest absolute Gasteiger partial charge is 0.357 e. The lowest BCUT2D eigenvalue weighted by molar-refractivity contribution is -0.140. The van der Waals surface area contributed by atoms with Gasteiger partial charge >= 0.3 is 5.97 Å². The van der Waals surface area contributed by atoms with E-state index in [1.54, 1.807) is 24.3 Å². The summed E-state index contributed by atoms with van der Waals surface area (Å²) in [6.07, 6.45) is 0.758. The number of hydrogen-bond acceptors (Lipinski definition) is 6. The first-order valence-corrected chi connectivity index (χ1v) is 8.57. The molecule has 6 nitrogen and oxygen atoms in total. The predicted octanol–water partition coefficient (Wildman–Crippen LogP) is 2.73. The molecular formula is C16H26N2O4S. The van der Waals surface area contributed by atoms with Crippen LogP contribution in [0.5, 0.6) is 0 Å². The van der Waals surface area contributed by atoms with E-state index < -0.39 is 11.4 Å². The van der Waals surface area contributed by atoms with Gasteiger partial charge in [-0.25, -0.2) is 9.78 Å². The molecule has 1 amide bonds. The van der Waals surface area contributed by atoms with E-state index >= 15 is 0 Å². The predicted molar refractivity (Wildman–Crippen MR) is 89.4 cm³/mol. The maximum Gasteiger partial charge on any atom is 0.357 e. The van der Waals surface area contributed by atoms with Gasteiger partial charge in [0.15, 0.2) is 5.69 Å². The molecule has 0 radical (unpaired) electrons. The largest absolute Gasteiger partial charge is 0.461 e. The summed E-state index contributed by atoms with van der Waals surface area (Å²) in [7, 11) is 1.64. The van der Waals surface area contributed by atoms with E-state index in [0.29, 0.717) is 32.0 Å². The molecule has 1 aromatic rings. The number of amides is 1. The summed E-state index contributed by atoms with van der Waals surface area (Å²) in [5, 5.41) is 2.39. The molecule has 1 heterocycles. The fourth-order valence-corrected chi connectivity index (χ4v) is 2.75. The zero-order chi connectivity index (χ0) is 17.5. The van der Waals surface area contributed by atoms with Gasteiger partial charge in [0.25, 0.3) is 0 Å². The Morgan fingerprint density at radius 3 is 2.61 bits per heavy atom. The summed E-state index contributed by atoms with van der Waals surface area (Å²) in [6.45, 7) is 9.34. The van der Waals surface area contributed by atoms with E-state index in [1.807, 2.05) is 20.8 Å². The first kappa shape index (κ1) is 19.6. The summed E-state index contributed by atoms with van der Waals surface area (Å²) in [6, 6.07) is 0. The first-order chi connectivity index (χ1) is 10.8. The number of methoxy groups -OCH3 is 1. The molecule has 0 atom stereocenters. The number of thiazole rings is 1. The normalized spacial score (nSPS) is 11.3. The average molecular weight is 342 g/mol. The van der Waals surface area contributed by atoms with Crippen LogP contribution < -0.4 is 0 Å². The Morgan fingerprint density at radius 1 is 1.35 bits per heavy atom. The van der Waals surface area contributed by atoms with E-state index in [0.717, 1.165) is 11.4 Å². The number of ether oxygens (including phenoxy) is 2. The van der Waals surface area contributed by atoms with Crippen LogP contribution in [0.3, 0.4) is 0 Å². The van der Waals surface area contributed by atoms with E-state index in [4.69, 9.17) is 9.47 Å². The van der Waals surface area contributed by atoms with E-state index in [1.165, 1.54) is 11.3 Å². The highest BCUT2D eigenvalue weighted by molar-refractivity contribution is 7.09. The maximum absolute atomic E-state index is 12.6. The monoisotopic (exact) mass is 342 g/mol. The third kappa shape index (κ3) is 6.27. The number of carbonyl (C=O) groups is 2. The van der Waals surface area contributed by atoms with Gasteiger partial charge in [-0.15, -0.1) is 11.3 Å². The lowest BCUT2D eigenvalue weighted by atomic mass is 9.94. The summed E-state index contributed by atoms with van der Waals surface area (Å²) in [4.78, 5) is 30.3. The van der Waals surface area contributed by atoms with Gasteiger partial charge in [0.2, 0.25) is 5.91 Å². The SMILES string of the molecule is CCOC(=O)c1csc(CN(CCCOC)C(=O)C(C)(C)C)n1. The van der Waals surface area contributed by atoms with Crippen molar-refractivity contribution in [3.05, 3.63) is 16.1 Å². The van der Waals surface area contributed by atoms with Crippen LogP contribution in [0.4, 0.5) is 0 Å². The zero-order valence-electron chi connectivity index (χ0n) is 14.5. The van der Waals surface area contributed by atoms with Gasteiger partial charge in [0.1, 0.15) is 5.01 Å². The second-order valence-corrected chi connectivity index (χ2v) is 7.11. The van der Waals surface area contributed by atoms with Crippen molar-refractivity contribution in [1.82, 2.24) is 9.88 Å². The van der Waals surface area contributed by atoms with Crippen molar-refractivity contribution in [3.8, 4) is 0 Å². The van der Waals surface area contributed by atoms with Gasteiger partial charge in [-0.05, 0) is 13.3 Å². The van der Waals surface area contributed by atoms with Crippen LogP contribution in [0.25, 0.3) is 0 Å². The van der Waals surface area contributed by atoms with Crippen LogP contribution in [0, 0.1) is 5.41 Å². The minimum atomic E-state index is -0.464. The van der Waals surface area contributed by atoms with Crippen molar-refractivity contribution in [1.29, 1.82) is 0 Å². The van der Waals surface area contributed by atoms with Gasteiger partial charge < -0.3 is 14.4 Å². The molecule has 0 bridgehead atoms. The molecular weight excluding hydrogens is 316 g/mol. The second kappa shape index (κ2) is 8.98. The third-order valence-electron chi connectivity index (χ3n) is 3.07. The van der Waals surface area contributed by atoms with Crippen LogP contribution in [0.1, 0.15) is 49.6 Å². The van der Waals surface area contributed by atoms with E-state index in [-0.39, 0.29) is 5.91 Å². The molecule has 0 spiro atoms. The molecule has 0 N–H and O–H groups in total. The maximum atomic E-state index is 12.6. The van der Waals surface area contributed by atoms with Crippen molar-refractivity contribution in [2.45, 2.75) is 40.7 Å². The molecule has 0 unspecified atom stereocenters. The Balaban J connectivity index is 2.80. The van der Waals surface area contributed by atoms with Gasteiger partial charge in [0, 0.05) is 31.1 Å². The number of carbonyl (C=O) groups excluding carboxylic acids is 2. The van der Waals surface area contributed by atoms with Gasteiger partial charge in [-0.3, -0.25) is 4.79 Å². The highest BCUT2D eigenvalue weighted by Crippen LogP contribution is 2.21. The molecule has 0 aliphatic carbocycles. The number of rotatable bonds is 8. The lowest BCUT2D eigenvalue weighted by Crippen LogP contribution is -2.39. The first-order valence-electron chi connectivity index (χ1n) is 7.69. The second-order valence-electron chi connectivity index (χ2n) is 6.17. The highest BCUT2D eigenvalue weighted by Gasteiger charge is 2.27. The summed E-state index contributed by atoms with van der Waals surface area (Å²) in [5.74, 6) is -0.371. The van der Waals surface area contributed by atoms with Crippen molar-refractivity contribution in [3.63, 3.8) is 0 Å². The molecule has 130 valence electrons. The van der Waals surface area contributed by atoms with E-state index in [2.05, 4.69) is 4.98 Å². The standard InChI is InChI=1S/C16H26N2O4S/c1-6-22-14(19)12-11-23-13(17-12)10-18(8-7-9-21-5)15(20)16(2,3)4/h11H,6-10H2,1-5H3. The average Bonchev–Trinajstić information content (AvgIpc) is 2.93. The summed E-state index contributed by atoms with van der Waals surface area (Å²) >= 11 is 1.36. The van der Waals surface area contributed by atoms with Gasteiger partial charge in [-0.1, -0.05) is 20.8 Å². The Bertz CT molecular complexity index is 522. The van der Waals surface area contributed by atoms with Gasteiger partial charge in [0.05, 0.1) is 13.2 Å². The molecule has 0 saturated heterocycles. The molecule has 0 fully saturated rings. The van der Waals surface area contributed by atoms with Gasteiger partial charge in [-0.2, -0.15) is 0 Å². The van der Waals surface area contributed by atoms with Crippen molar-refractivity contribution in [2.75, 3.05) is 26.9 Å². The summed E-state index contributed by atoms with van der Waals surface area (Å²) in [5.41, 5.74) is -0.166. The van der Waals surface area contributed by atoms with Crippen LogP contribution >= 0.6 is 11.3 Å². The molecule has 0 aliphatic heterocycles. The highest BCUT2D eigenvalue weighted by atomic mass is 32.1. The van der Waals surface area contributed by atoms with Crippen LogP contribution in [0.2, 0.25) is 0 Å². The van der Waals surface area contributed by atoms with Crippen molar-refractivity contribution < 1.29 is 19.1 Å². The Kier molecular flexibility index (Phi) is 7.64. The number of aromatic nitrogens is 1. The molecule has 0 aromatic carbocycles. The zero-order valence-corrected chi connectivity index (χ0v) is 15.4. The number of nitrogens with zero attached hydrogens (tertiary/aromatic N) is 2. The van der Waals surface area contributed by atoms with Crippen LogP contribution in [-0.4, -0.2) is 48.6 Å². The minimum Gasteiger partial charge on any atom is -0.461 e. The molecule has 1 rings (SSSR count). The van der Waals surface area contributed by atoms with Crippen molar-refractivity contribution >= 4 is 23.2 Å². The molecule has 0 saturated carbocycles. The Morgan fingerprint density at radius 2 is 2.04 bits per heavy atom. The Hall–Kier alpha value is -1.47. The number of hydrogen-bond donors (Lipinski definition) is 0. The minimum absolute atomic E-state index is 0.0569. The molecule has 7 heteroatoms. The quantitative estimate of drug-likeness (QED) is 0.537. The number of esters is 1. The van der Waals surface area contributed by atoms with Crippen LogP contribution in [0.15, 0.2) is 5.38 Å². The fraction of sp³-hybridized carbons (Fsp3) is 0.688. The topological polar surface area (TPSA) is 68.7 Å². The third-order valence-corrected chi connectivity index (χ3v) is 3.90. The summed E-state index contributed by atoms with van der Waals surface area (Å²) < 4.78 is 9.99. The van der Waals surface area contributed by atoms with Crippen molar-refractivity contribution in [2.24, 2.45) is 5.41 Å². The molecule has 0 aliphatic rings. The lowest BCUT2D eigenvalue weighted by Gasteiger charge is -2.28.